The Kier molecular flexibility index (Phi) is 5.49. The number of rotatable bonds is 6. The van der Waals surface area contributed by atoms with E-state index < -0.39 is 10.0 Å². The molecule has 6 heteroatoms. The summed E-state index contributed by atoms with van der Waals surface area (Å²) < 4.78 is 26.6. The summed E-state index contributed by atoms with van der Waals surface area (Å²) in [6.07, 6.45) is 3.37. The Labute approximate surface area is 179 Å². The van der Waals surface area contributed by atoms with Gasteiger partial charge in [-0.15, -0.1) is 0 Å². The van der Waals surface area contributed by atoms with Gasteiger partial charge in [-0.25, -0.2) is 13.1 Å². The van der Waals surface area contributed by atoms with Crippen LogP contribution in [0.15, 0.2) is 54.6 Å². The van der Waals surface area contributed by atoms with Gasteiger partial charge in [-0.3, -0.25) is 4.79 Å². The highest BCUT2D eigenvalue weighted by molar-refractivity contribution is 7.88. The molecular weight excluding hydrogens is 396 g/mol. The monoisotopic (exact) mass is 426 g/mol. The minimum atomic E-state index is -3.35. The fourth-order valence-electron chi connectivity index (χ4n) is 4.63. The van der Waals surface area contributed by atoms with Crippen LogP contribution in [0.4, 0.5) is 0 Å². The van der Waals surface area contributed by atoms with Gasteiger partial charge in [-0.1, -0.05) is 68.4 Å². The molecule has 0 spiro atoms. The van der Waals surface area contributed by atoms with Gasteiger partial charge in [0.25, 0.3) is 0 Å². The van der Waals surface area contributed by atoms with Crippen LogP contribution in [0.2, 0.25) is 0 Å². The fraction of sp³-hybridized carbons (Fsp3) is 0.458. The summed E-state index contributed by atoms with van der Waals surface area (Å²) in [5.74, 6) is 0.217. The molecule has 5 nitrogen and oxygen atoms in total. The lowest BCUT2D eigenvalue weighted by Crippen LogP contribution is -2.48. The Morgan fingerprint density at radius 2 is 1.77 bits per heavy atom. The maximum absolute atomic E-state index is 13.2. The highest BCUT2D eigenvalue weighted by atomic mass is 32.2. The number of nitrogens with zero attached hydrogens (tertiary/aromatic N) is 1. The average molecular weight is 427 g/mol. The second kappa shape index (κ2) is 7.82. The lowest BCUT2D eigenvalue weighted by molar-refractivity contribution is -0.134. The highest BCUT2D eigenvalue weighted by Crippen LogP contribution is 2.53. The van der Waals surface area contributed by atoms with Gasteiger partial charge < -0.3 is 4.90 Å². The molecule has 0 aromatic heterocycles. The van der Waals surface area contributed by atoms with Gasteiger partial charge in [0.1, 0.15) is 0 Å². The normalized spacial score (nSPS) is 25.3. The first-order valence-electron chi connectivity index (χ1n) is 10.6. The molecule has 0 bridgehead atoms. The minimum absolute atomic E-state index is 0.0487. The molecule has 1 heterocycles. The van der Waals surface area contributed by atoms with E-state index in [1.807, 2.05) is 29.2 Å². The number of benzene rings is 2. The van der Waals surface area contributed by atoms with E-state index in [1.165, 1.54) is 6.26 Å². The summed E-state index contributed by atoms with van der Waals surface area (Å²) in [5, 5.41) is 0. The van der Waals surface area contributed by atoms with Gasteiger partial charge >= 0.3 is 0 Å². The summed E-state index contributed by atoms with van der Waals surface area (Å²) in [6, 6.07) is 18.1. The Morgan fingerprint density at radius 3 is 2.40 bits per heavy atom. The summed E-state index contributed by atoms with van der Waals surface area (Å²) in [7, 11) is -3.35. The fourth-order valence-corrected chi connectivity index (χ4v) is 5.46. The van der Waals surface area contributed by atoms with Gasteiger partial charge in [0, 0.05) is 18.5 Å². The molecule has 1 saturated carbocycles. The molecule has 1 aliphatic heterocycles. The smallest absolute Gasteiger partial charge is 0.226 e. The van der Waals surface area contributed by atoms with Crippen LogP contribution in [0.25, 0.3) is 11.1 Å². The van der Waals surface area contributed by atoms with Gasteiger partial charge in [0.2, 0.25) is 15.9 Å². The van der Waals surface area contributed by atoms with E-state index in [4.69, 9.17) is 0 Å². The number of likely N-dealkylation sites (tertiary alicyclic amines) is 1. The summed E-state index contributed by atoms with van der Waals surface area (Å²) >= 11 is 0. The van der Waals surface area contributed by atoms with E-state index in [9.17, 15) is 13.2 Å². The van der Waals surface area contributed by atoms with Crippen molar-refractivity contribution in [3.8, 4) is 11.1 Å². The van der Waals surface area contributed by atoms with Crippen molar-refractivity contribution in [3.05, 3.63) is 60.2 Å². The minimum Gasteiger partial charge on any atom is -0.337 e. The molecule has 1 saturated heterocycles. The SMILES string of the molecule is CC1(C)CC1C(=O)N1CC[C@@H](NS(C)(=O)=O)[C@H]1Cc1cccc(-c2ccccc2)c1. The first kappa shape index (κ1) is 21.1. The number of carbonyl (C=O) groups excluding carboxylic acids is 1. The Hall–Kier alpha value is -2.18. The number of carbonyl (C=O) groups is 1. The summed E-state index contributed by atoms with van der Waals surface area (Å²) in [4.78, 5) is 15.1. The van der Waals surface area contributed by atoms with Crippen LogP contribution in [0.1, 0.15) is 32.3 Å². The quantitative estimate of drug-likeness (QED) is 0.769. The topological polar surface area (TPSA) is 66.5 Å². The molecule has 1 N–H and O–H groups in total. The molecular formula is C24H30N2O3S. The van der Waals surface area contributed by atoms with Crippen LogP contribution in [-0.2, 0) is 21.2 Å². The van der Waals surface area contributed by atoms with E-state index in [2.05, 4.69) is 48.9 Å². The molecule has 2 aromatic rings. The number of nitrogens with one attached hydrogen (secondary N) is 1. The third-order valence-corrected chi connectivity index (χ3v) is 7.22. The number of hydrogen-bond acceptors (Lipinski definition) is 3. The average Bonchev–Trinajstić information content (AvgIpc) is 3.18. The zero-order valence-corrected chi connectivity index (χ0v) is 18.7. The third kappa shape index (κ3) is 4.60. The molecule has 1 unspecified atom stereocenters. The van der Waals surface area contributed by atoms with Crippen molar-refractivity contribution >= 4 is 15.9 Å². The van der Waals surface area contributed by atoms with Gasteiger partial charge in [0.15, 0.2) is 0 Å². The van der Waals surface area contributed by atoms with Crippen molar-refractivity contribution in [2.75, 3.05) is 12.8 Å². The van der Waals surface area contributed by atoms with Gasteiger partial charge in [-0.2, -0.15) is 0 Å². The predicted octanol–water partition coefficient (Wildman–Crippen LogP) is 3.46. The summed E-state index contributed by atoms with van der Waals surface area (Å²) in [6.45, 7) is 4.84. The third-order valence-electron chi connectivity index (χ3n) is 6.48. The van der Waals surface area contributed by atoms with E-state index in [0.717, 1.165) is 23.1 Å². The van der Waals surface area contributed by atoms with E-state index in [-0.39, 0.29) is 29.3 Å². The summed E-state index contributed by atoms with van der Waals surface area (Å²) in [5.41, 5.74) is 3.43. The van der Waals surface area contributed by atoms with Crippen molar-refractivity contribution in [2.45, 2.75) is 45.2 Å². The van der Waals surface area contributed by atoms with Crippen molar-refractivity contribution in [3.63, 3.8) is 0 Å². The van der Waals surface area contributed by atoms with Crippen LogP contribution < -0.4 is 4.72 Å². The Bertz CT molecular complexity index is 1030. The van der Waals surface area contributed by atoms with Crippen LogP contribution in [0, 0.1) is 11.3 Å². The molecule has 0 radical (unpaired) electrons. The second-order valence-corrected chi connectivity index (χ2v) is 11.2. The van der Waals surface area contributed by atoms with Crippen molar-refractivity contribution in [1.82, 2.24) is 9.62 Å². The standard InChI is InChI=1S/C24H30N2O3S/c1-24(2)16-20(24)23(27)26-13-12-21(25-30(3,28)29)22(26)15-17-8-7-11-19(14-17)18-9-5-4-6-10-18/h4-11,14,20-22,25H,12-13,15-16H2,1-3H3/t20?,21-,22-/m1/s1. The highest BCUT2D eigenvalue weighted by Gasteiger charge is 2.54. The number of hydrogen-bond donors (Lipinski definition) is 1. The zero-order valence-electron chi connectivity index (χ0n) is 17.8. The molecule has 1 amide bonds. The van der Waals surface area contributed by atoms with Gasteiger partial charge in [0.05, 0.1) is 12.3 Å². The van der Waals surface area contributed by atoms with E-state index >= 15 is 0 Å². The Morgan fingerprint density at radius 1 is 1.10 bits per heavy atom. The lowest BCUT2D eigenvalue weighted by Gasteiger charge is -2.29. The second-order valence-electron chi connectivity index (χ2n) is 9.40. The largest absolute Gasteiger partial charge is 0.337 e. The first-order chi connectivity index (χ1) is 14.1. The van der Waals surface area contributed by atoms with Crippen LogP contribution in [0.5, 0.6) is 0 Å². The molecule has 2 fully saturated rings. The Balaban J connectivity index is 1.59. The predicted molar refractivity (Wildman–Crippen MR) is 119 cm³/mol. The van der Waals surface area contributed by atoms with Gasteiger partial charge in [-0.05, 0) is 41.4 Å². The van der Waals surface area contributed by atoms with E-state index in [1.54, 1.807) is 0 Å². The van der Waals surface area contributed by atoms with Crippen molar-refractivity contribution in [1.29, 1.82) is 0 Å². The van der Waals surface area contributed by atoms with Crippen LogP contribution in [-0.4, -0.2) is 44.1 Å². The number of amides is 1. The van der Waals surface area contributed by atoms with Crippen LogP contribution >= 0.6 is 0 Å². The molecule has 160 valence electrons. The molecule has 4 rings (SSSR count). The maximum Gasteiger partial charge on any atom is 0.226 e. The zero-order chi connectivity index (χ0) is 21.5. The molecule has 2 aliphatic rings. The van der Waals surface area contributed by atoms with E-state index in [0.29, 0.717) is 19.4 Å². The van der Waals surface area contributed by atoms with Crippen molar-refractivity contribution in [2.24, 2.45) is 11.3 Å². The first-order valence-corrected chi connectivity index (χ1v) is 12.5. The molecule has 30 heavy (non-hydrogen) atoms. The molecule has 3 atom stereocenters. The van der Waals surface area contributed by atoms with Crippen molar-refractivity contribution < 1.29 is 13.2 Å². The number of sulfonamides is 1. The maximum atomic E-state index is 13.2. The molecule has 2 aromatic carbocycles. The lowest BCUT2D eigenvalue weighted by atomic mass is 9.96. The molecule has 1 aliphatic carbocycles. The van der Waals surface area contributed by atoms with Crippen LogP contribution in [0.3, 0.4) is 0 Å².